The topological polar surface area (TPSA) is 89.5 Å². The van der Waals surface area contributed by atoms with E-state index >= 15 is 0 Å². The molecule has 0 bridgehead atoms. The number of fused-ring (bicyclic) bond motifs is 1. The molecule has 2 aromatic rings. The highest BCUT2D eigenvalue weighted by Gasteiger charge is 2.32. The smallest absolute Gasteiger partial charge is 0.338 e. The number of sulfone groups is 1. The predicted molar refractivity (Wildman–Crippen MR) is 91.1 cm³/mol. The van der Waals surface area contributed by atoms with Crippen molar-refractivity contribution in [3.05, 3.63) is 65.2 Å². The Balaban J connectivity index is 1.86. The van der Waals surface area contributed by atoms with Gasteiger partial charge in [0.1, 0.15) is 6.10 Å². The highest BCUT2D eigenvalue weighted by molar-refractivity contribution is 7.91. The number of carbonyl (C=O) groups excluding carboxylic acids is 2. The Morgan fingerprint density at radius 1 is 1.08 bits per heavy atom. The lowest BCUT2D eigenvalue weighted by molar-refractivity contribution is 0.0278. The van der Waals surface area contributed by atoms with Crippen molar-refractivity contribution in [2.45, 2.75) is 17.4 Å². The Bertz CT molecular complexity index is 936. The molecule has 1 heterocycles. The van der Waals surface area contributed by atoms with Gasteiger partial charge in [0.15, 0.2) is 9.84 Å². The molecular formula is C18H17NO5S. The Kier molecular flexibility index (Phi) is 4.59. The van der Waals surface area contributed by atoms with E-state index in [4.69, 9.17) is 4.74 Å². The molecule has 3 rings (SSSR count). The molecule has 1 aliphatic heterocycles. The van der Waals surface area contributed by atoms with Gasteiger partial charge in [0.05, 0.1) is 16.2 Å². The summed E-state index contributed by atoms with van der Waals surface area (Å²) in [5, 5.41) is 2.49. The third-order valence-electron chi connectivity index (χ3n) is 4.09. The Labute approximate surface area is 145 Å². The summed E-state index contributed by atoms with van der Waals surface area (Å²) in [6, 6.07) is 12.7. The van der Waals surface area contributed by atoms with Crippen LogP contribution in [-0.2, 0) is 14.6 Å². The van der Waals surface area contributed by atoms with Crippen molar-refractivity contribution in [1.82, 2.24) is 5.32 Å². The van der Waals surface area contributed by atoms with Gasteiger partial charge in [0, 0.05) is 24.6 Å². The number of nitrogens with one attached hydrogen (secondary N) is 1. The molecule has 6 nitrogen and oxygen atoms in total. The molecule has 0 spiro atoms. The summed E-state index contributed by atoms with van der Waals surface area (Å²) in [7, 11) is -1.83. The number of hydrogen-bond donors (Lipinski definition) is 1. The first-order valence-electron chi connectivity index (χ1n) is 7.77. The van der Waals surface area contributed by atoms with Gasteiger partial charge in [-0.3, -0.25) is 4.79 Å². The third-order valence-corrected chi connectivity index (χ3v) is 5.90. The number of carbonyl (C=O) groups is 2. The van der Waals surface area contributed by atoms with E-state index in [0.717, 1.165) is 0 Å². The van der Waals surface area contributed by atoms with Gasteiger partial charge < -0.3 is 10.1 Å². The molecule has 25 heavy (non-hydrogen) atoms. The van der Waals surface area contributed by atoms with Gasteiger partial charge in [-0.1, -0.05) is 24.3 Å². The van der Waals surface area contributed by atoms with E-state index in [1.807, 2.05) is 0 Å². The van der Waals surface area contributed by atoms with Crippen LogP contribution in [-0.4, -0.2) is 33.1 Å². The molecule has 1 atom stereocenters. The molecule has 0 fully saturated rings. The first-order chi connectivity index (χ1) is 11.9. The number of benzene rings is 2. The minimum Gasteiger partial charge on any atom is -0.454 e. The normalized spacial score (nSPS) is 18.0. The van der Waals surface area contributed by atoms with Crippen LogP contribution < -0.4 is 5.32 Å². The van der Waals surface area contributed by atoms with Crippen LogP contribution in [0.15, 0.2) is 53.4 Å². The van der Waals surface area contributed by atoms with Crippen molar-refractivity contribution >= 4 is 21.7 Å². The van der Waals surface area contributed by atoms with Gasteiger partial charge in [-0.2, -0.15) is 0 Å². The fraction of sp³-hybridized carbons (Fsp3) is 0.222. The predicted octanol–water partition coefficient (Wildman–Crippen LogP) is 2.12. The van der Waals surface area contributed by atoms with Gasteiger partial charge in [-0.15, -0.1) is 0 Å². The van der Waals surface area contributed by atoms with E-state index in [-0.39, 0.29) is 28.5 Å². The van der Waals surface area contributed by atoms with Crippen LogP contribution in [0.5, 0.6) is 0 Å². The molecule has 0 saturated heterocycles. The van der Waals surface area contributed by atoms with Crippen molar-refractivity contribution in [1.29, 1.82) is 0 Å². The first kappa shape index (κ1) is 17.2. The largest absolute Gasteiger partial charge is 0.454 e. The second kappa shape index (κ2) is 6.68. The van der Waals surface area contributed by atoms with Crippen molar-refractivity contribution in [2.75, 3.05) is 12.8 Å². The average molecular weight is 359 g/mol. The number of hydrogen-bond acceptors (Lipinski definition) is 5. The van der Waals surface area contributed by atoms with Crippen LogP contribution in [0.2, 0.25) is 0 Å². The minimum atomic E-state index is -3.34. The molecule has 130 valence electrons. The maximum Gasteiger partial charge on any atom is 0.338 e. The first-order valence-corrected chi connectivity index (χ1v) is 9.42. The summed E-state index contributed by atoms with van der Waals surface area (Å²) in [6.45, 7) is 0. The highest BCUT2D eigenvalue weighted by Crippen LogP contribution is 2.34. The van der Waals surface area contributed by atoms with Gasteiger partial charge in [0.2, 0.25) is 0 Å². The van der Waals surface area contributed by atoms with Crippen molar-refractivity contribution in [3.63, 3.8) is 0 Å². The van der Waals surface area contributed by atoms with Crippen LogP contribution in [0, 0.1) is 0 Å². The second-order valence-electron chi connectivity index (χ2n) is 5.70. The molecule has 0 radical (unpaired) electrons. The van der Waals surface area contributed by atoms with Crippen LogP contribution in [0.1, 0.15) is 38.8 Å². The Morgan fingerprint density at radius 3 is 2.56 bits per heavy atom. The average Bonchev–Trinajstić information content (AvgIpc) is 2.63. The van der Waals surface area contributed by atoms with E-state index in [1.54, 1.807) is 36.4 Å². The monoisotopic (exact) mass is 359 g/mol. The van der Waals surface area contributed by atoms with E-state index in [9.17, 15) is 18.0 Å². The summed E-state index contributed by atoms with van der Waals surface area (Å²) in [4.78, 5) is 24.3. The van der Waals surface area contributed by atoms with Crippen LogP contribution in [0.4, 0.5) is 0 Å². The fourth-order valence-electron chi connectivity index (χ4n) is 2.81. The van der Waals surface area contributed by atoms with Crippen molar-refractivity contribution in [3.8, 4) is 0 Å². The molecule has 1 N–H and O–H groups in total. The Hall–Kier alpha value is -2.67. The lowest BCUT2D eigenvalue weighted by Gasteiger charge is -2.25. The summed E-state index contributed by atoms with van der Waals surface area (Å²) >= 11 is 0. The molecular weight excluding hydrogens is 342 g/mol. The molecule has 1 amide bonds. The van der Waals surface area contributed by atoms with Crippen LogP contribution >= 0.6 is 0 Å². The van der Waals surface area contributed by atoms with E-state index in [2.05, 4.69) is 5.32 Å². The van der Waals surface area contributed by atoms with Crippen molar-refractivity contribution < 1.29 is 22.7 Å². The molecule has 0 saturated carbocycles. The van der Waals surface area contributed by atoms with Crippen LogP contribution in [0.3, 0.4) is 0 Å². The molecule has 1 unspecified atom stereocenters. The maximum absolute atomic E-state index is 12.4. The number of ether oxygens (including phenoxy) is 1. The molecule has 2 aromatic carbocycles. The number of esters is 1. The fourth-order valence-corrected chi connectivity index (χ4v) is 4.40. The standard InChI is InChI=1S/C18H17NO5S/c1-19-17(20)12-5-4-6-13(11-12)18(21)24-15-9-10-25(22,23)16-8-3-2-7-14(15)16/h2-8,11,15H,9-10H2,1H3,(H,19,20). The van der Waals surface area contributed by atoms with Crippen LogP contribution in [0.25, 0.3) is 0 Å². The zero-order chi connectivity index (χ0) is 18.0. The number of rotatable bonds is 3. The molecule has 0 aromatic heterocycles. The zero-order valence-corrected chi connectivity index (χ0v) is 14.4. The van der Waals surface area contributed by atoms with E-state index < -0.39 is 21.9 Å². The second-order valence-corrected chi connectivity index (χ2v) is 7.78. The zero-order valence-electron chi connectivity index (χ0n) is 13.6. The highest BCUT2D eigenvalue weighted by atomic mass is 32.2. The summed E-state index contributed by atoms with van der Waals surface area (Å²) < 4.78 is 29.8. The Morgan fingerprint density at radius 2 is 1.80 bits per heavy atom. The van der Waals surface area contributed by atoms with Gasteiger partial charge >= 0.3 is 5.97 Å². The lowest BCUT2D eigenvalue weighted by Crippen LogP contribution is -2.24. The SMILES string of the molecule is CNC(=O)c1cccc(C(=O)OC2CCS(=O)(=O)c3ccccc32)c1. The van der Waals surface area contributed by atoms with E-state index in [1.165, 1.54) is 19.2 Å². The molecule has 0 aliphatic carbocycles. The van der Waals surface area contributed by atoms with Gasteiger partial charge in [-0.05, 0) is 24.3 Å². The molecule has 1 aliphatic rings. The summed E-state index contributed by atoms with van der Waals surface area (Å²) in [6.07, 6.45) is -0.420. The summed E-state index contributed by atoms with van der Waals surface area (Å²) in [5.41, 5.74) is 1.08. The lowest BCUT2D eigenvalue weighted by atomic mass is 10.1. The maximum atomic E-state index is 12.4. The minimum absolute atomic E-state index is 0.0692. The van der Waals surface area contributed by atoms with Gasteiger partial charge in [0.25, 0.3) is 5.91 Å². The van der Waals surface area contributed by atoms with E-state index in [0.29, 0.717) is 11.1 Å². The quantitative estimate of drug-likeness (QED) is 0.848. The number of amides is 1. The third kappa shape index (κ3) is 3.41. The van der Waals surface area contributed by atoms with Gasteiger partial charge in [-0.25, -0.2) is 13.2 Å². The summed E-state index contributed by atoms with van der Waals surface area (Å²) in [5.74, 6) is -0.964. The molecule has 7 heteroatoms. The van der Waals surface area contributed by atoms with Crippen molar-refractivity contribution in [2.24, 2.45) is 0 Å².